The van der Waals surface area contributed by atoms with Gasteiger partial charge in [-0.15, -0.1) is 11.3 Å². The molecule has 2 aliphatic heterocycles. The van der Waals surface area contributed by atoms with E-state index in [4.69, 9.17) is 9.10 Å². The summed E-state index contributed by atoms with van der Waals surface area (Å²) < 4.78 is 23.9. The Labute approximate surface area is 147 Å². The van der Waals surface area contributed by atoms with Gasteiger partial charge in [0.1, 0.15) is 0 Å². The third kappa shape index (κ3) is 3.30. The first-order chi connectivity index (χ1) is 12.4. The highest BCUT2D eigenvalue weighted by molar-refractivity contribution is 7.18. The maximum Gasteiger partial charge on any atom is 0.0970 e. The van der Waals surface area contributed by atoms with E-state index in [0.717, 1.165) is 30.8 Å². The lowest BCUT2D eigenvalue weighted by atomic mass is 9.92. The first kappa shape index (κ1) is 12.4. The molecule has 3 nitrogen and oxygen atoms in total. The number of benzene rings is 1. The number of aromatic nitrogens is 1. The van der Waals surface area contributed by atoms with Crippen LogP contribution in [0.5, 0.6) is 0 Å². The minimum atomic E-state index is -1.96. The maximum absolute atomic E-state index is 7.56. The third-order valence-electron chi connectivity index (χ3n) is 5.34. The van der Waals surface area contributed by atoms with Gasteiger partial charge in [-0.25, -0.2) is 4.98 Å². The molecule has 0 bridgehead atoms. The Bertz CT molecular complexity index is 757. The van der Waals surface area contributed by atoms with E-state index in [-0.39, 0.29) is 0 Å². The number of thiazole rings is 1. The van der Waals surface area contributed by atoms with Gasteiger partial charge >= 0.3 is 0 Å². The monoisotopic (exact) mass is 332 g/mol. The summed E-state index contributed by atoms with van der Waals surface area (Å²) in [5.74, 6) is 1.16. The fraction of sp³-hybridized carbons (Fsp3) is 0.632. The van der Waals surface area contributed by atoms with Crippen molar-refractivity contribution in [2.45, 2.75) is 44.6 Å². The van der Waals surface area contributed by atoms with Crippen LogP contribution < -0.4 is 5.32 Å². The summed E-state index contributed by atoms with van der Waals surface area (Å²) >= 11 is 1.78. The van der Waals surface area contributed by atoms with Gasteiger partial charge in [-0.05, 0) is 75.9 Å². The van der Waals surface area contributed by atoms with Gasteiger partial charge in [-0.1, -0.05) is 13.0 Å². The lowest BCUT2D eigenvalue weighted by Gasteiger charge is -2.28. The van der Waals surface area contributed by atoms with E-state index in [0.29, 0.717) is 25.0 Å². The second kappa shape index (κ2) is 6.50. The quantitative estimate of drug-likeness (QED) is 0.895. The van der Waals surface area contributed by atoms with Crippen LogP contribution in [0.25, 0.3) is 10.2 Å². The summed E-state index contributed by atoms with van der Waals surface area (Å²) in [4.78, 5) is 6.54. The van der Waals surface area contributed by atoms with Crippen molar-refractivity contribution in [3.63, 3.8) is 0 Å². The SMILES string of the molecule is [2H]C([2H])([2H])N1CCC(c2nc3cc(C4CCC(C)CN4)ccc3s2)CC1. The number of nitrogens with zero attached hydrogens (tertiary/aromatic N) is 2. The molecule has 0 spiro atoms. The Morgan fingerprint density at radius 3 is 2.87 bits per heavy atom. The van der Waals surface area contributed by atoms with E-state index < -0.39 is 6.98 Å². The number of nitrogens with one attached hydrogen (secondary N) is 1. The molecular weight excluding hydrogens is 302 g/mol. The first-order valence-electron chi connectivity index (χ1n) is 10.3. The van der Waals surface area contributed by atoms with E-state index in [2.05, 4.69) is 30.4 Å². The van der Waals surface area contributed by atoms with Gasteiger partial charge in [0.25, 0.3) is 0 Å². The maximum atomic E-state index is 7.56. The van der Waals surface area contributed by atoms with Gasteiger partial charge in [0, 0.05) is 16.1 Å². The van der Waals surface area contributed by atoms with Crippen molar-refractivity contribution in [3.05, 3.63) is 28.8 Å². The molecule has 124 valence electrons. The molecule has 1 aromatic carbocycles. The van der Waals surface area contributed by atoms with Gasteiger partial charge in [0.15, 0.2) is 0 Å². The standard InChI is InChI=1S/C19H27N3S/c1-13-3-5-16(20-12-13)15-4-6-18-17(11-15)21-19(23-18)14-7-9-22(2)10-8-14/h4,6,11,13-14,16,20H,3,5,7-10,12H2,1-2H3/i2D3. The lowest BCUT2D eigenvalue weighted by molar-refractivity contribution is 0.255. The second-order valence-corrected chi connectivity index (χ2v) is 8.25. The zero-order valence-corrected chi connectivity index (χ0v) is 14.5. The smallest absolute Gasteiger partial charge is 0.0970 e. The summed E-state index contributed by atoms with van der Waals surface area (Å²) in [5.41, 5.74) is 2.44. The van der Waals surface area contributed by atoms with Crippen LogP contribution in [0.1, 0.15) is 59.3 Å². The minimum absolute atomic E-state index is 0.392. The number of hydrogen-bond donors (Lipinski definition) is 1. The Morgan fingerprint density at radius 1 is 1.26 bits per heavy atom. The Kier molecular flexibility index (Phi) is 3.50. The van der Waals surface area contributed by atoms with Crippen LogP contribution in [0.15, 0.2) is 18.2 Å². The zero-order valence-electron chi connectivity index (χ0n) is 16.7. The molecule has 2 aromatic rings. The zero-order chi connectivity index (χ0) is 18.3. The Morgan fingerprint density at radius 2 is 2.13 bits per heavy atom. The molecule has 23 heavy (non-hydrogen) atoms. The van der Waals surface area contributed by atoms with Crippen molar-refractivity contribution in [3.8, 4) is 0 Å². The summed E-state index contributed by atoms with van der Waals surface area (Å²) in [6.07, 6.45) is 4.23. The number of fused-ring (bicyclic) bond motifs is 1. The highest BCUT2D eigenvalue weighted by Gasteiger charge is 2.23. The molecule has 0 saturated carbocycles. The van der Waals surface area contributed by atoms with Crippen LogP contribution in [0.3, 0.4) is 0 Å². The van der Waals surface area contributed by atoms with E-state index in [1.165, 1.54) is 28.1 Å². The van der Waals surface area contributed by atoms with Crippen molar-refractivity contribution in [2.24, 2.45) is 5.92 Å². The predicted molar refractivity (Wildman–Crippen MR) is 98.2 cm³/mol. The fourth-order valence-corrected chi connectivity index (χ4v) is 4.88. The molecule has 2 aliphatic rings. The molecule has 3 heterocycles. The first-order valence-corrected chi connectivity index (χ1v) is 9.60. The number of piperidine rings is 2. The van der Waals surface area contributed by atoms with Gasteiger partial charge in [0.05, 0.1) is 15.2 Å². The highest BCUT2D eigenvalue weighted by Crippen LogP contribution is 2.35. The van der Waals surface area contributed by atoms with Gasteiger partial charge in [-0.2, -0.15) is 0 Å². The van der Waals surface area contributed by atoms with E-state index in [9.17, 15) is 0 Å². The van der Waals surface area contributed by atoms with Crippen LogP contribution in [-0.4, -0.2) is 36.5 Å². The van der Waals surface area contributed by atoms with Crippen LogP contribution in [0.4, 0.5) is 0 Å². The molecule has 4 heteroatoms. The van der Waals surface area contributed by atoms with E-state index in [1.54, 1.807) is 16.2 Å². The summed E-state index contributed by atoms with van der Waals surface area (Å²) in [5, 5.41) is 4.83. The molecule has 2 atom stereocenters. The molecular formula is C19H27N3S. The summed E-state index contributed by atoms with van der Waals surface area (Å²) in [6, 6.07) is 7.15. The van der Waals surface area contributed by atoms with Crippen molar-refractivity contribution >= 4 is 21.6 Å². The molecule has 1 aromatic heterocycles. The van der Waals surface area contributed by atoms with Crippen molar-refractivity contribution in [1.82, 2.24) is 15.2 Å². The molecule has 1 N–H and O–H groups in total. The second-order valence-electron chi connectivity index (χ2n) is 7.18. The highest BCUT2D eigenvalue weighted by atomic mass is 32.1. The molecule has 4 rings (SSSR count). The number of hydrogen-bond acceptors (Lipinski definition) is 4. The number of rotatable bonds is 2. The van der Waals surface area contributed by atoms with E-state index in [1.807, 2.05) is 0 Å². The fourth-order valence-electron chi connectivity index (χ4n) is 3.76. The Balaban J connectivity index is 1.48. The molecule has 2 saturated heterocycles. The summed E-state index contributed by atoms with van der Waals surface area (Å²) in [7, 11) is 0. The topological polar surface area (TPSA) is 28.2 Å². The van der Waals surface area contributed by atoms with Crippen molar-refractivity contribution in [1.29, 1.82) is 0 Å². The summed E-state index contributed by atoms with van der Waals surface area (Å²) in [6.45, 7) is 2.70. The van der Waals surface area contributed by atoms with Crippen LogP contribution in [0.2, 0.25) is 0 Å². The van der Waals surface area contributed by atoms with Crippen LogP contribution in [0, 0.1) is 5.92 Å². The molecule has 0 aliphatic carbocycles. The van der Waals surface area contributed by atoms with Gasteiger partial charge < -0.3 is 10.2 Å². The predicted octanol–water partition coefficient (Wildman–Crippen LogP) is 4.17. The van der Waals surface area contributed by atoms with E-state index >= 15 is 0 Å². The normalized spacial score (nSPS) is 30.0. The Hall–Kier alpha value is -0.970. The lowest BCUT2D eigenvalue weighted by Crippen LogP contribution is -2.31. The van der Waals surface area contributed by atoms with Gasteiger partial charge in [0.2, 0.25) is 0 Å². The minimum Gasteiger partial charge on any atom is -0.310 e. The largest absolute Gasteiger partial charge is 0.310 e. The number of likely N-dealkylation sites (tertiary alicyclic amines) is 1. The molecule has 0 radical (unpaired) electrons. The molecule has 0 amide bonds. The average Bonchev–Trinajstić information content (AvgIpc) is 3.05. The van der Waals surface area contributed by atoms with Crippen molar-refractivity contribution in [2.75, 3.05) is 26.6 Å². The molecule has 2 unspecified atom stereocenters. The van der Waals surface area contributed by atoms with Crippen molar-refractivity contribution < 1.29 is 4.11 Å². The van der Waals surface area contributed by atoms with Crippen LogP contribution >= 0.6 is 11.3 Å². The average molecular weight is 333 g/mol. The third-order valence-corrected chi connectivity index (χ3v) is 6.53. The van der Waals surface area contributed by atoms with Gasteiger partial charge in [-0.3, -0.25) is 0 Å². The van der Waals surface area contributed by atoms with Crippen LogP contribution in [-0.2, 0) is 0 Å². The molecule has 2 fully saturated rings.